The van der Waals surface area contributed by atoms with E-state index in [2.05, 4.69) is 13.8 Å². The Hall–Kier alpha value is -1.26. The Balaban J connectivity index is 2.47. The predicted molar refractivity (Wildman–Crippen MR) is 92.3 cm³/mol. The first-order valence-electron chi connectivity index (χ1n) is 7.10. The van der Waals surface area contributed by atoms with E-state index in [-0.39, 0.29) is 11.9 Å². The number of nitrogen functional groups attached to an aromatic ring is 1. The molecule has 0 aliphatic rings. The summed E-state index contributed by atoms with van der Waals surface area (Å²) in [6.07, 6.45) is 0. The zero-order valence-electron chi connectivity index (χ0n) is 12.8. The van der Waals surface area contributed by atoms with E-state index in [0.29, 0.717) is 21.5 Å². The highest BCUT2D eigenvalue weighted by molar-refractivity contribution is 7.21. The maximum Gasteiger partial charge on any atom is 0.266 e. The average molecular weight is 325 g/mol. The number of anilines is 1. The monoisotopic (exact) mass is 324 g/mol. The summed E-state index contributed by atoms with van der Waals surface area (Å²) in [4.78, 5) is 15.3. The highest BCUT2D eigenvalue weighted by atomic mass is 35.5. The Kier molecular flexibility index (Phi) is 4.79. The second-order valence-electron chi connectivity index (χ2n) is 5.90. The van der Waals surface area contributed by atoms with Crippen LogP contribution in [0.5, 0.6) is 0 Å². The van der Waals surface area contributed by atoms with E-state index < -0.39 is 0 Å². The summed E-state index contributed by atoms with van der Waals surface area (Å²) in [5.74, 6) is 0.406. The molecule has 2 rings (SSSR count). The molecular weight excluding hydrogens is 304 g/mol. The molecule has 5 heteroatoms. The van der Waals surface area contributed by atoms with Crippen molar-refractivity contribution in [2.24, 2.45) is 5.92 Å². The number of hydrogen-bond acceptors (Lipinski definition) is 3. The molecule has 0 spiro atoms. The minimum absolute atomic E-state index is 0.00605. The highest BCUT2D eigenvalue weighted by Gasteiger charge is 2.25. The Bertz CT molecular complexity index is 664. The molecule has 1 amide bonds. The van der Waals surface area contributed by atoms with Crippen LogP contribution in [0, 0.1) is 5.92 Å². The van der Waals surface area contributed by atoms with E-state index in [4.69, 9.17) is 17.3 Å². The van der Waals surface area contributed by atoms with Gasteiger partial charge in [-0.2, -0.15) is 0 Å². The number of nitrogens with zero attached hydrogens (tertiary/aromatic N) is 1. The Morgan fingerprint density at radius 1 is 1.33 bits per heavy atom. The van der Waals surface area contributed by atoms with Gasteiger partial charge in [0.25, 0.3) is 5.91 Å². The molecule has 1 aromatic carbocycles. The summed E-state index contributed by atoms with van der Waals surface area (Å²) in [6, 6.07) is 5.76. The second-order valence-corrected chi connectivity index (χ2v) is 7.36. The first-order chi connectivity index (χ1) is 9.82. The van der Waals surface area contributed by atoms with Gasteiger partial charge in [0.1, 0.15) is 4.88 Å². The van der Waals surface area contributed by atoms with Gasteiger partial charge in [0.05, 0.1) is 10.7 Å². The molecule has 2 aromatic rings. The maximum atomic E-state index is 12.8. The van der Waals surface area contributed by atoms with Crippen molar-refractivity contribution >= 4 is 44.6 Å². The van der Waals surface area contributed by atoms with Gasteiger partial charge in [0.2, 0.25) is 0 Å². The van der Waals surface area contributed by atoms with Gasteiger partial charge in [-0.15, -0.1) is 11.3 Å². The number of hydrogen-bond donors (Lipinski definition) is 1. The van der Waals surface area contributed by atoms with E-state index in [1.165, 1.54) is 11.3 Å². The molecule has 1 heterocycles. The van der Waals surface area contributed by atoms with E-state index in [9.17, 15) is 4.79 Å². The Morgan fingerprint density at radius 2 is 2.00 bits per heavy atom. The molecule has 21 heavy (non-hydrogen) atoms. The molecule has 2 N–H and O–H groups in total. The van der Waals surface area contributed by atoms with Crippen LogP contribution >= 0.6 is 22.9 Å². The molecule has 1 aromatic heterocycles. The third-order valence-electron chi connectivity index (χ3n) is 3.34. The number of nitrogens with two attached hydrogens (primary N) is 1. The molecule has 0 fully saturated rings. The lowest BCUT2D eigenvalue weighted by Crippen LogP contribution is -2.39. The van der Waals surface area contributed by atoms with Gasteiger partial charge in [0.15, 0.2) is 0 Å². The van der Waals surface area contributed by atoms with Crippen LogP contribution in [0.2, 0.25) is 5.02 Å². The number of halogens is 1. The smallest absolute Gasteiger partial charge is 0.266 e. The summed E-state index contributed by atoms with van der Waals surface area (Å²) in [7, 11) is 0. The average Bonchev–Trinajstić information content (AvgIpc) is 2.73. The van der Waals surface area contributed by atoms with Crippen LogP contribution in [0.25, 0.3) is 10.1 Å². The minimum Gasteiger partial charge on any atom is -0.397 e. The van der Waals surface area contributed by atoms with Crippen LogP contribution in [0.3, 0.4) is 0 Å². The lowest BCUT2D eigenvalue weighted by Gasteiger charge is -2.28. The van der Waals surface area contributed by atoms with Gasteiger partial charge in [-0.1, -0.05) is 31.5 Å². The molecule has 3 nitrogen and oxygen atoms in total. The first kappa shape index (κ1) is 16.1. The van der Waals surface area contributed by atoms with E-state index >= 15 is 0 Å². The molecule has 114 valence electrons. The quantitative estimate of drug-likeness (QED) is 0.890. The lowest BCUT2D eigenvalue weighted by atomic mass is 10.1. The van der Waals surface area contributed by atoms with Gasteiger partial charge in [-0.25, -0.2) is 0 Å². The van der Waals surface area contributed by atoms with Gasteiger partial charge >= 0.3 is 0 Å². The largest absolute Gasteiger partial charge is 0.397 e. The van der Waals surface area contributed by atoms with Crippen molar-refractivity contribution in [2.75, 3.05) is 12.3 Å². The predicted octanol–water partition coefficient (Wildman–Crippen LogP) is 4.64. The fourth-order valence-corrected chi connectivity index (χ4v) is 3.78. The van der Waals surface area contributed by atoms with Crippen molar-refractivity contribution < 1.29 is 4.79 Å². The molecule has 0 radical (unpaired) electrons. The third kappa shape index (κ3) is 3.16. The second kappa shape index (κ2) is 6.24. The number of rotatable bonds is 4. The van der Waals surface area contributed by atoms with Gasteiger partial charge in [0, 0.05) is 22.7 Å². The fourth-order valence-electron chi connectivity index (χ4n) is 2.34. The molecule has 0 aliphatic heterocycles. The van der Waals surface area contributed by atoms with Crippen molar-refractivity contribution in [3.63, 3.8) is 0 Å². The minimum atomic E-state index is -0.00605. The number of carbonyl (C=O) groups excluding carboxylic acids is 1. The lowest BCUT2D eigenvalue weighted by molar-refractivity contribution is 0.0688. The molecule has 0 bridgehead atoms. The normalized spacial score (nSPS) is 11.6. The summed E-state index contributed by atoms with van der Waals surface area (Å²) < 4.78 is 0.955. The zero-order valence-corrected chi connectivity index (χ0v) is 14.4. The third-order valence-corrected chi connectivity index (χ3v) is 4.82. The fraction of sp³-hybridized carbons (Fsp3) is 0.438. The Labute approximate surface area is 134 Å². The van der Waals surface area contributed by atoms with Crippen molar-refractivity contribution in [1.82, 2.24) is 4.90 Å². The number of amides is 1. The van der Waals surface area contributed by atoms with E-state index in [0.717, 1.165) is 16.6 Å². The van der Waals surface area contributed by atoms with Gasteiger partial charge in [-0.05, 0) is 31.9 Å². The maximum absolute atomic E-state index is 12.8. The highest BCUT2D eigenvalue weighted by Crippen LogP contribution is 2.38. The van der Waals surface area contributed by atoms with Gasteiger partial charge < -0.3 is 10.6 Å². The number of thiophene rings is 1. The Morgan fingerprint density at radius 3 is 2.52 bits per heavy atom. The van der Waals surface area contributed by atoms with E-state index in [1.54, 1.807) is 6.07 Å². The van der Waals surface area contributed by atoms with Crippen molar-refractivity contribution in [1.29, 1.82) is 0 Å². The first-order valence-corrected chi connectivity index (χ1v) is 8.29. The summed E-state index contributed by atoms with van der Waals surface area (Å²) in [5, 5.41) is 1.39. The zero-order chi connectivity index (χ0) is 15.7. The summed E-state index contributed by atoms with van der Waals surface area (Å²) >= 11 is 7.63. The van der Waals surface area contributed by atoms with Crippen LogP contribution in [0.15, 0.2) is 18.2 Å². The van der Waals surface area contributed by atoms with E-state index in [1.807, 2.05) is 30.9 Å². The molecular formula is C16H21ClN2OS. The number of fused-ring (bicyclic) bond motifs is 1. The summed E-state index contributed by atoms with van der Waals surface area (Å²) in [5.41, 5.74) is 6.69. The standard InChI is InChI=1S/C16H21ClN2OS/c1-9(2)8-19(10(3)4)16(20)15-14(18)13-11(17)6-5-7-12(13)21-15/h5-7,9-10H,8,18H2,1-4H3. The van der Waals surface area contributed by atoms with Crippen molar-refractivity contribution in [2.45, 2.75) is 33.7 Å². The molecule has 0 unspecified atom stereocenters. The summed E-state index contributed by atoms with van der Waals surface area (Å²) in [6.45, 7) is 8.98. The number of benzene rings is 1. The van der Waals surface area contributed by atoms with Crippen LogP contribution in [-0.4, -0.2) is 23.4 Å². The van der Waals surface area contributed by atoms with Crippen LogP contribution in [0.1, 0.15) is 37.4 Å². The van der Waals surface area contributed by atoms with Crippen molar-refractivity contribution in [3.8, 4) is 0 Å². The van der Waals surface area contributed by atoms with Crippen LogP contribution in [-0.2, 0) is 0 Å². The molecule has 0 aliphatic carbocycles. The van der Waals surface area contributed by atoms with Crippen LogP contribution < -0.4 is 5.73 Å². The molecule has 0 saturated carbocycles. The number of carbonyl (C=O) groups is 1. The van der Waals surface area contributed by atoms with Crippen LogP contribution in [0.4, 0.5) is 5.69 Å². The van der Waals surface area contributed by atoms with Crippen molar-refractivity contribution in [3.05, 3.63) is 28.1 Å². The van der Waals surface area contributed by atoms with Gasteiger partial charge in [-0.3, -0.25) is 4.79 Å². The molecule has 0 atom stereocenters. The molecule has 0 saturated heterocycles. The topological polar surface area (TPSA) is 46.3 Å². The SMILES string of the molecule is CC(C)CN(C(=O)c1sc2cccc(Cl)c2c1N)C(C)C.